The fraction of sp³-hybridized carbons (Fsp3) is 0.462. The molecule has 1 amide bonds. The number of halogens is 2. The summed E-state index contributed by atoms with van der Waals surface area (Å²) in [4.78, 5) is 11.9. The monoisotopic (exact) mass is 273 g/mol. The number of benzene rings is 1. The highest BCUT2D eigenvalue weighted by Gasteiger charge is 2.21. The number of nitrogens with one attached hydrogen (secondary N) is 1. The molecule has 0 saturated heterocycles. The Labute approximate surface area is 111 Å². The Kier molecular flexibility index (Phi) is 4.96. The van der Waals surface area contributed by atoms with Crippen LogP contribution in [-0.4, -0.2) is 18.6 Å². The zero-order valence-electron chi connectivity index (χ0n) is 10.9. The second-order valence-electron chi connectivity index (χ2n) is 4.22. The molecule has 3 nitrogen and oxygen atoms in total. The van der Waals surface area contributed by atoms with E-state index in [1.807, 2.05) is 0 Å². The van der Waals surface area contributed by atoms with E-state index in [1.165, 1.54) is 6.07 Å². The highest BCUT2D eigenvalue weighted by molar-refractivity contribution is 6.35. The van der Waals surface area contributed by atoms with E-state index in [0.29, 0.717) is 12.1 Å². The predicted octanol–water partition coefficient (Wildman–Crippen LogP) is 3.32. The first-order valence-electron chi connectivity index (χ1n) is 5.81. The van der Waals surface area contributed by atoms with Crippen molar-refractivity contribution in [3.8, 4) is 5.75 Å². The van der Waals surface area contributed by atoms with Gasteiger partial charge < -0.3 is 10.1 Å². The van der Waals surface area contributed by atoms with Crippen LogP contribution in [0.25, 0.3) is 0 Å². The molecule has 1 rings (SSSR count). The normalized spacial score (nSPS) is 10.6. The maximum Gasteiger partial charge on any atom is 0.253 e. The lowest BCUT2D eigenvalue weighted by Crippen LogP contribution is -2.24. The van der Waals surface area contributed by atoms with E-state index >= 15 is 0 Å². The minimum atomic E-state index is -0.556. The molecule has 1 aromatic carbocycles. The summed E-state index contributed by atoms with van der Waals surface area (Å²) in [6.45, 7) is 7.45. The van der Waals surface area contributed by atoms with Crippen LogP contribution in [0.2, 0.25) is 5.02 Å². The number of carbonyl (C=O) groups excluding carboxylic acids is 1. The van der Waals surface area contributed by atoms with Crippen molar-refractivity contribution in [2.45, 2.75) is 33.8 Å². The van der Waals surface area contributed by atoms with Crippen molar-refractivity contribution in [3.05, 3.63) is 28.0 Å². The summed E-state index contributed by atoms with van der Waals surface area (Å²) in [6, 6.07) is 1.26. The van der Waals surface area contributed by atoms with E-state index in [2.05, 4.69) is 5.32 Å². The van der Waals surface area contributed by atoms with Gasteiger partial charge in [0.1, 0.15) is 0 Å². The van der Waals surface area contributed by atoms with Gasteiger partial charge >= 0.3 is 0 Å². The number of rotatable bonds is 4. The van der Waals surface area contributed by atoms with Gasteiger partial charge in [0, 0.05) is 6.54 Å². The van der Waals surface area contributed by atoms with E-state index in [1.54, 1.807) is 27.7 Å². The molecule has 0 aliphatic rings. The van der Waals surface area contributed by atoms with E-state index in [4.69, 9.17) is 16.3 Å². The highest BCUT2D eigenvalue weighted by atomic mass is 35.5. The summed E-state index contributed by atoms with van der Waals surface area (Å²) in [6.07, 6.45) is -0.221. The van der Waals surface area contributed by atoms with Crippen molar-refractivity contribution in [2.75, 3.05) is 6.54 Å². The van der Waals surface area contributed by atoms with Crippen molar-refractivity contribution in [1.82, 2.24) is 5.32 Å². The Bertz CT molecular complexity index is 461. The Morgan fingerprint density at radius 2 is 2.17 bits per heavy atom. The molecule has 0 atom stereocenters. The zero-order valence-corrected chi connectivity index (χ0v) is 11.7. The number of hydrogen-bond donors (Lipinski definition) is 1. The van der Waals surface area contributed by atoms with E-state index in [-0.39, 0.29) is 28.3 Å². The van der Waals surface area contributed by atoms with E-state index in [0.717, 1.165) is 0 Å². The van der Waals surface area contributed by atoms with Crippen molar-refractivity contribution in [3.63, 3.8) is 0 Å². The Hall–Kier alpha value is -1.29. The van der Waals surface area contributed by atoms with Crippen molar-refractivity contribution in [1.29, 1.82) is 0 Å². The lowest BCUT2D eigenvalue weighted by atomic mass is 10.1. The third kappa shape index (κ3) is 3.13. The summed E-state index contributed by atoms with van der Waals surface area (Å²) >= 11 is 6.07. The Morgan fingerprint density at radius 3 is 2.67 bits per heavy atom. The molecular formula is C13H17ClFNO2. The minimum Gasteiger partial charge on any atom is -0.486 e. The number of amides is 1. The first kappa shape index (κ1) is 14.8. The molecule has 0 aliphatic heterocycles. The summed E-state index contributed by atoms with van der Waals surface area (Å²) in [5, 5.41) is 2.66. The van der Waals surface area contributed by atoms with Gasteiger partial charge in [-0.3, -0.25) is 4.79 Å². The molecule has 1 N–H and O–H groups in total. The zero-order chi connectivity index (χ0) is 13.9. The lowest BCUT2D eigenvalue weighted by Gasteiger charge is -2.16. The molecule has 0 heterocycles. The molecule has 0 bridgehead atoms. The van der Waals surface area contributed by atoms with Crippen LogP contribution in [-0.2, 0) is 0 Å². The second kappa shape index (κ2) is 6.05. The van der Waals surface area contributed by atoms with Gasteiger partial charge in [0.2, 0.25) is 0 Å². The highest BCUT2D eigenvalue weighted by Crippen LogP contribution is 2.34. The van der Waals surface area contributed by atoms with Gasteiger partial charge in [-0.1, -0.05) is 11.6 Å². The SMILES string of the molecule is CCNC(=O)c1c(C)cc(F)c(OC(C)C)c1Cl. The topological polar surface area (TPSA) is 38.3 Å². The maximum absolute atomic E-state index is 13.8. The van der Waals surface area contributed by atoms with Gasteiger partial charge in [0.15, 0.2) is 11.6 Å². The van der Waals surface area contributed by atoms with Crippen LogP contribution < -0.4 is 10.1 Å². The number of aryl methyl sites for hydroxylation is 1. The van der Waals surface area contributed by atoms with Crippen molar-refractivity contribution < 1.29 is 13.9 Å². The molecule has 0 aromatic heterocycles. The van der Waals surface area contributed by atoms with Gasteiger partial charge in [-0.2, -0.15) is 0 Å². The largest absolute Gasteiger partial charge is 0.486 e. The number of ether oxygens (including phenoxy) is 1. The maximum atomic E-state index is 13.8. The van der Waals surface area contributed by atoms with Crippen molar-refractivity contribution in [2.24, 2.45) is 0 Å². The van der Waals surface area contributed by atoms with Crippen LogP contribution in [0.3, 0.4) is 0 Å². The van der Waals surface area contributed by atoms with E-state index in [9.17, 15) is 9.18 Å². The molecule has 5 heteroatoms. The minimum absolute atomic E-state index is 0.0205. The van der Waals surface area contributed by atoms with Gasteiger partial charge in [-0.05, 0) is 39.3 Å². The summed E-state index contributed by atoms with van der Waals surface area (Å²) in [7, 11) is 0. The smallest absolute Gasteiger partial charge is 0.253 e. The third-order valence-corrected chi connectivity index (χ3v) is 2.65. The van der Waals surface area contributed by atoms with Gasteiger partial charge in [0.25, 0.3) is 5.91 Å². The fourth-order valence-electron chi connectivity index (χ4n) is 1.59. The molecule has 18 heavy (non-hydrogen) atoms. The quantitative estimate of drug-likeness (QED) is 0.914. The van der Waals surface area contributed by atoms with Gasteiger partial charge in [-0.15, -0.1) is 0 Å². The molecule has 0 unspecified atom stereocenters. The Morgan fingerprint density at radius 1 is 1.56 bits per heavy atom. The van der Waals surface area contributed by atoms with Crippen LogP contribution in [0.5, 0.6) is 5.75 Å². The fourth-order valence-corrected chi connectivity index (χ4v) is 1.96. The molecule has 0 spiro atoms. The predicted molar refractivity (Wildman–Crippen MR) is 69.9 cm³/mol. The molecule has 100 valence electrons. The van der Waals surface area contributed by atoms with Crippen LogP contribution in [0.1, 0.15) is 36.7 Å². The standard InChI is InChI=1S/C13H17ClFNO2/c1-5-16-13(17)10-8(4)6-9(15)12(11(10)14)18-7(2)3/h6-7H,5H2,1-4H3,(H,16,17). The molecule has 0 aliphatic carbocycles. The molecule has 0 saturated carbocycles. The first-order chi connectivity index (χ1) is 8.38. The van der Waals surface area contributed by atoms with Crippen molar-refractivity contribution >= 4 is 17.5 Å². The van der Waals surface area contributed by atoms with Crippen LogP contribution in [0, 0.1) is 12.7 Å². The van der Waals surface area contributed by atoms with Gasteiger partial charge in [0.05, 0.1) is 16.7 Å². The average Bonchev–Trinajstić information content (AvgIpc) is 2.24. The number of hydrogen-bond acceptors (Lipinski definition) is 2. The van der Waals surface area contributed by atoms with Crippen LogP contribution in [0.4, 0.5) is 4.39 Å². The third-order valence-electron chi connectivity index (χ3n) is 2.29. The van der Waals surface area contributed by atoms with E-state index < -0.39 is 5.82 Å². The second-order valence-corrected chi connectivity index (χ2v) is 4.60. The summed E-state index contributed by atoms with van der Waals surface area (Å²) < 4.78 is 19.1. The summed E-state index contributed by atoms with van der Waals surface area (Å²) in [5.41, 5.74) is 0.745. The Balaban J connectivity index is 3.30. The lowest BCUT2D eigenvalue weighted by molar-refractivity contribution is 0.0954. The molecule has 1 aromatic rings. The van der Waals surface area contributed by atoms with Crippen LogP contribution in [0.15, 0.2) is 6.07 Å². The first-order valence-corrected chi connectivity index (χ1v) is 6.19. The average molecular weight is 274 g/mol. The summed E-state index contributed by atoms with van der Waals surface area (Å²) in [5.74, 6) is -0.952. The molecular weight excluding hydrogens is 257 g/mol. The van der Waals surface area contributed by atoms with Crippen LogP contribution >= 0.6 is 11.6 Å². The number of carbonyl (C=O) groups is 1. The van der Waals surface area contributed by atoms with Gasteiger partial charge in [-0.25, -0.2) is 4.39 Å². The molecule has 0 radical (unpaired) electrons. The molecule has 0 fully saturated rings.